The summed E-state index contributed by atoms with van der Waals surface area (Å²) in [4.78, 5) is 24.0. The zero-order chi connectivity index (χ0) is 22.0. The summed E-state index contributed by atoms with van der Waals surface area (Å²) in [5.41, 5.74) is 13.2. The Morgan fingerprint density at radius 3 is 2.65 bits per heavy atom. The van der Waals surface area contributed by atoms with Crippen molar-refractivity contribution >= 4 is 22.7 Å². The monoisotopic (exact) mass is 417 g/mol. The largest absolute Gasteiger partial charge is 0.480 e. The maximum Gasteiger partial charge on any atom is 0.322 e. The van der Waals surface area contributed by atoms with E-state index in [1.54, 1.807) is 12.3 Å². The highest BCUT2D eigenvalue weighted by atomic mass is 16.4. The number of nitrogens with zero attached hydrogens (tertiary/aromatic N) is 5. The molecule has 31 heavy (non-hydrogen) atoms. The Morgan fingerprint density at radius 2 is 1.87 bits per heavy atom. The van der Waals surface area contributed by atoms with E-state index in [4.69, 9.17) is 16.6 Å². The predicted molar refractivity (Wildman–Crippen MR) is 117 cm³/mol. The van der Waals surface area contributed by atoms with Crippen molar-refractivity contribution in [3.05, 3.63) is 66.1 Å². The average Bonchev–Trinajstić information content (AvgIpc) is 3.21. The van der Waals surface area contributed by atoms with Crippen LogP contribution < -0.4 is 11.5 Å². The van der Waals surface area contributed by atoms with Crippen molar-refractivity contribution in [2.75, 3.05) is 5.73 Å². The standard InChI is InChI=1S/C22H23N7O2/c1-13(15-7-6-14-4-2-3-5-16(14)11-15)10-19-25-20(27-22(24)26-19)18-8-9-29(28-18)12-17(23)21(30)31/h2-9,11,13,17H,10,12,23H2,1H3,(H,30,31)(H2,24,25,26,27)/t13-,17-/m0/s1. The van der Waals surface area contributed by atoms with Gasteiger partial charge in [0.2, 0.25) is 5.95 Å². The first-order valence-electron chi connectivity index (χ1n) is 9.90. The molecule has 2 heterocycles. The molecular weight excluding hydrogens is 394 g/mol. The molecule has 0 saturated heterocycles. The van der Waals surface area contributed by atoms with Crippen LogP contribution in [0, 0.1) is 0 Å². The van der Waals surface area contributed by atoms with E-state index in [1.807, 2.05) is 12.1 Å². The number of carboxylic acid groups (broad SMARTS) is 1. The molecule has 0 unspecified atom stereocenters. The molecule has 0 saturated carbocycles. The second-order valence-electron chi connectivity index (χ2n) is 7.51. The van der Waals surface area contributed by atoms with Crippen LogP contribution in [0.5, 0.6) is 0 Å². The fourth-order valence-corrected chi connectivity index (χ4v) is 3.41. The van der Waals surface area contributed by atoms with Crippen LogP contribution in [0.3, 0.4) is 0 Å². The van der Waals surface area contributed by atoms with Gasteiger partial charge in [0.15, 0.2) is 5.82 Å². The lowest BCUT2D eigenvalue weighted by Crippen LogP contribution is -2.34. The van der Waals surface area contributed by atoms with E-state index in [2.05, 4.69) is 57.3 Å². The van der Waals surface area contributed by atoms with Crippen LogP contribution in [0.25, 0.3) is 22.3 Å². The number of fused-ring (bicyclic) bond motifs is 1. The van der Waals surface area contributed by atoms with Crippen LogP contribution in [0.15, 0.2) is 54.7 Å². The van der Waals surface area contributed by atoms with Crippen molar-refractivity contribution in [2.24, 2.45) is 5.73 Å². The number of aliphatic carboxylic acids is 1. The Labute approximate surface area is 178 Å². The molecular formula is C22H23N7O2. The minimum absolute atomic E-state index is 0.0434. The molecule has 5 N–H and O–H groups in total. The van der Waals surface area contributed by atoms with Gasteiger partial charge in [-0.25, -0.2) is 4.98 Å². The number of benzene rings is 2. The quantitative estimate of drug-likeness (QED) is 0.415. The van der Waals surface area contributed by atoms with Gasteiger partial charge in [-0.2, -0.15) is 15.1 Å². The Morgan fingerprint density at radius 1 is 1.10 bits per heavy atom. The molecule has 2 atom stereocenters. The third-order valence-corrected chi connectivity index (χ3v) is 5.10. The summed E-state index contributed by atoms with van der Waals surface area (Å²) < 4.78 is 1.45. The van der Waals surface area contributed by atoms with Gasteiger partial charge in [-0.3, -0.25) is 9.48 Å². The smallest absolute Gasteiger partial charge is 0.322 e. The fourth-order valence-electron chi connectivity index (χ4n) is 3.41. The number of carbonyl (C=O) groups is 1. The molecule has 0 radical (unpaired) electrons. The van der Waals surface area contributed by atoms with Crippen molar-refractivity contribution in [3.63, 3.8) is 0 Å². The minimum atomic E-state index is -1.09. The van der Waals surface area contributed by atoms with Crippen LogP contribution in [0.1, 0.15) is 24.2 Å². The molecule has 9 heteroatoms. The molecule has 0 aliphatic heterocycles. The van der Waals surface area contributed by atoms with Crippen LogP contribution >= 0.6 is 0 Å². The van der Waals surface area contributed by atoms with Crippen LogP contribution in [0.2, 0.25) is 0 Å². The summed E-state index contributed by atoms with van der Waals surface area (Å²) in [7, 11) is 0. The lowest BCUT2D eigenvalue weighted by atomic mass is 9.95. The van der Waals surface area contributed by atoms with Gasteiger partial charge in [-0.15, -0.1) is 0 Å². The molecule has 9 nitrogen and oxygen atoms in total. The summed E-state index contributed by atoms with van der Waals surface area (Å²) in [5, 5.41) is 15.7. The molecule has 2 aromatic carbocycles. The second-order valence-corrected chi connectivity index (χ2v) is 7.51. The summed E-state index contributed by atoms with van der Waals surface area (Å²) in [6.07, 6.45) is 2.22. The van der Waals surface area contributed by atoms with Crippen molar-refractivity contribution in [1.82, 2.24) is 24.7 Å². The highest BCUT2D eigenvalue weighted by Crippen LogP contribution is 2.24. The van der Waals surface area contributed by atoms with Gasteiger partial charge in [0, 0.05) is 12.6 Å². The molecule has 0 bridgehead atoms. The van der Waals surface area contributed by atoms with E-state index in [0.29, 0.717) is 23.8 Å². The predicted octanol–water partition coefficient (Wildman–Crippen LogP) is 2.23. The summed E-state index contributed by atoms with van der Waals surface area (Å²) >= 11 is 0. The Bertz CT molecular complexity index is 1240. The van der Waals surface area contributed by atoms with Crippen molar-refractivity contribution in [3.8, 4) is 11.5 Å². The van der Waals surface area contributed by atoms with Crippen LogP contribution in [-0.4, -0.2) is 41.9 Å². The fraction of sp³-hybridized carbons (Fsp3) is 0.227. The van der Waals surface area contributed by atoms with Gasteiger partial charge in [-0.1, -0.05) is 49.4 Å². The highest BCUT2D eigenvalue weighted by molar-refractivity contribution is 5.83. The average molecular weight is 417 g/mol. The number of anilines is 1. The second kappa shape index (κ2) is 8.49. The van der Waals surface area contributed by atoms with E-state index in [-0.39, 0.29) is 18.4 Å². The molecule has 0 aliphatic rings. The normalized spacial score (nSPS) is 13.2. The van der Waals surface area contributed by atoms with Gasteiger partial charge in [-0.05, 0) is 28.3 Å². The summed E-state index contributed by atoms with van der Waals surface area (Å²) in [6, 6.07) is 15.3. The van der Waals surface area contributed by atoms with Crippen LogP contribution in [0.4, 0.5) is 5.95 Å². The molecule has 4 aromatic rings. The third kappa shape index (κ3) is 4.67. The van der Waals surface area contributed by atoms with Crippen molar-refractivity contribution < 1.29 is 9.90 Å². The SMILES string of the molecule is C[C@@H](Cc1nc(N)nc(-c2ccn(C[C@H](N)C(=O)O)n2)n1)c1ccc2ccccc2c1. The van der Waals surface area contributed by atoms with E-state index in [1.165, 1.54) is 21.0 Å². The van der Waals surface area contributed by atoms with Gasteiger partial charge in [0.05, 0.1) is 6.54 Å². The first kappa shape index (κ1) is 20.4. The Kier molecular flexibility index (Phi) is 5.59. The molecule has 4 rings (SSSR count). The van der Waals surface area contributed by atoms with Crippen LogP contribution in [-0.2, 0) is 17.8 Å². The number of hydrogen-bond acceptors (Lipinski definition) is 7. The van der Waals surface area contributed by atoms with E-state index in [9.17, 15) is 4.79 Å². The third-order valence-electron chi connectivity index (χ3n) is 5.10. The molecule has 0 aliphatic carbocycles. The first-order chi connectivity index (χ1) is 14.9. The van der Waals surface area contributed by atoms with Crippen molar-refractivity contribution in [1.29, 1.82) is 0 Å². The molecule has 158 valence electrons. The molecule has 0 amide bonds. The number of nitrogens with two attached hydrogens (primary N) is 2. The topological polar surface area (TPSA) is 146 Å². The lowest BCUT2D eigenvalue weighted by Gasteiger charge is -2.12. The maximum absolute atomic E-state index is 10.9. The zero-order valence-electron chi connectivity index (χ0n) is 17.0. The maximum atomic E-state index is 10.9. The van der Waals surface area contributed by atoms with Gasteiger partial charge < -0.3 is 16.6 Å². The number of carboxylic acids is 1. The summed E-state index contributed by atoms with van der Waals surface area (Å²) in [6.45, 7) is 2.16. The highest BCUT2D eigenvalue weighted by Gasteiger charge is 2.16. The van der Waals surface area contributed by atoms with Gasteiger partial charge >= 0.3 is 5.97 Å². The summed E-state index contributed by atoms with van der Waals surface area (Å²) in [5.74, 6) is 0.107. The van der Waals surface area contributed by atoms with Gasteiger partial charge in [0.25, 0.3) is 0 Å². The lowest BCUT2D eigenvalue weighted by molar-refractivity contribution is -0.138. The number of rotatable bonds is 7. The Balaban J connectivity index is 1.55. The van der Waals surface area contributed by atoms with Crippen molar-refractivity contribution in [2.45, 2.75) is 31.8 Å². The zero-order valence-corrected chi connectivity index (χ0v) is 17.0. The Hall–Kier alpha value is -3.85. The number of nitrogen functional groups attached to an aromatic ring is 1. The minimum Gasteiger partial charge on any atom is -0.480 e. The number of aromatic nitrogens is 5. The molecule has 0 spiro atoms. The van der Waals surface area contributed by atoms with E-state index in [0.717, 1.165) is 0 Å². The first-order valence-corrected chi connectivity index (χ1v) is 9.90. The van der Waals surface area contributed by atoms with Gasteiger partial charge in [0.1, 0.15) is 17.6 Å². The van der Waals surface area contributed by atoms with E-state index < -0.39 is 12.0 Å². The van der Waals surface area contributed by atoms with E-state index >= 15 is 0 Å². The molecule has 0 fully saturated rings. The molecule has 2 aromatic heterocycles. The number of hydrogen-bond donors (Lipinski definition) is 3.